The van der Waals surface area contributed by atoms with Crippen LogP contribution in [0, 0.1) is 0 Å². The number of para-hydroxylation sites is 1. The van der Waals surface area contributed by atoms with E-state index in [1.54, 1.807) is 0 Å². The maximum atomic E-state index is 11.7. The molecule has 1 atom stereocenters. The first-order chi connectivity index (χ1) is 14.5. The average Bonchev–Trinajstić information content (AvgIpc) is 3.07. The number of fused-ring (bicyclic) bond motifs is 1. The number of hydrogen-bond donors (Lipinski definition) is 0. The van der Waals surface area contributed by atoms with Gasteiger partial charge in [0.2, 0.25) is 0 Å². The fourth-order valence-corrected chi connectivity index (χ4v) is 6.27. The molecule has 0 fully saturated rings. The number of aromatic nitrogens is 3. The van der Waals surface area contributed by atoms with Crippen LogP contribution in [-0.4, -0.2) is 78.1 Å². The molecule has 0 amide bonds. The molecule has 31 heavy (non-hydrogen) atoms. The second-order valence-electron chi connectivity index (χ2n) is 7.41. The van der Waals surface area contributed by atoms with Gasteiger partial charge in [-0.1, -0.05) is 38.3 Å². The molecule has 0 radical (unpaired) electrons. The minimum absolute atomic E-state index is 0.0305. The predicted molar refractivity (Wildman–Crippen MR) is 121 cm³/mol. The summed E-state index contributed by atoms with van der Waals surface area (Å²) in [5, 5.41) is 8.25. The number of unbranched alkanes of at least 4 members (excludes halogenated alkanes) is 3. The Hall–Kier alpha value is -1.19. The number of hydrogen-bond acceptors (Lipinski definition) is 9. The van der Waals surface area contributed by atoms with E-state index < -0.39 is 15.8 Å². The van der Waals surface area contributed by atoms with Crippen molar-refractivity contribution in [3.8, 4) is 0 Å². The first-order valence-corrected chi connectivity index (χ1v) is 13.0. The lowest BCUT2D eigenvalue weighted by Gasteiger charge is -2.35. The zero-order chi connectivity index (χ0) is 23.7. The number of nitrogens with zero attached hydrogens (tertiary/aromatic N) is 6. The van der Waals surface area contributed by atoms with Crippen molar-refractivity contribution in [3.05, 3.63) is 24.3 Å². The van der Waals surface area contributed by atoms with E-state index in [0.29, 0.717) is 6.42 Å². The molecule has 178 valence electrons. The fraction of sp³-hybridized carbons (Fsp3) is 0.667. The predicted octanol–water partition coefficient (Wildman–Crippen LogP) is 3.24. The monoisotopic (exact) mass is 480 g/mol. The lowest BCUT2D eigenvalue weighted by atomic mass is 10.2. The summed E-state index contributed by atoms with van der Waals surface area (Å²) >= 11 is 0. The zero-order valence-electron chi connectivity index (χ0n) is 19.4. The lowest BCUT2D eigenvalue weighted by molar-refractivity contribution is -0.211. The normalized spacial score (nSPS) is 14.1. The van der Waals surface area contributed by atoms with Crippen molar-refractivity contribution in [1.29, 1.82) is 0 Å². The largest absolute Gasteiger partial charge is 0.753 e. The van der Waals surface area contributed by atoms with Crippen LogP contribution in [0.4, 0.5) is 4.20 Å². The minimum Gasteiger partial charge on any atom is -0.753 e. The first kappa shape index (κ1) is 27.8. The topological polar surface area (TPSA) is 99.0 Å². The van der Waals surface area contributed by atoms with Gasteiger partial charge in [0.1, 0.15) is 11.0 Å². The standard InChI is InChI=1S/C12H22N6OP.C6H14FO3P/c1-15(2)20(16(3)4,17(5)6)19-18-12-10-8-7-9-11(12)13-14-18;1-2-3-4-5-6-10-11(7,8)9/h7-10H,1-6H3;2-6H2,1H3,(H,8,9)/q+1;/p-1. The third kappa shape index (κ3) is 8.35. The highest BCUT2D eigenvalue weighted by molar-refractivity contribution is 7.64. The SMILES string of the molecule is CCCCCCOP(=O)([O-])F.CN(C)[P+](On1nnc2ccccc21)(N(C)C)N(C)C. The highest BCUT2D eigenvalue weighted by Gasteiger charge is 2.54. The highest BCUT2D eigenvalue weighted by Crippen LogP contribution is 2.61. The lowest BCUT2D eigenvalue weighted by Crippen LogP contribution is -2.42. The first-order valence-electron chi connectivity index (χ1n) is 10.0. The van der Waals surface area contributed by atoms with Crippen LogP contribution < -0.4 is 9.52 Å². The molecule has 13 heteroatoms. The van der Waals surface area contributed by atoms with Crippen LogP contribution in [0.15, 0.2) is 24.3 Å². The molecule has 2 rings (SSSR count). The number of rotatable bonds is 11. The van der Waals surface area contributed by atoms with Crippen LogP contribution in [0.25, 0.3) is 11.0 Å². The Labute approximate surface area is 185 Å². The van der Waals surface area contributed by atoms with Crippen molar-refractivity contribution >= 4 is 26.9 Å². The van der Waals surface area contributed by atoms with E-state index in [-0.39, 0.29) is 6.61 Å². The maximum Gasteiger partial charge on any atom is 0.449 e. The Kier molecular flexibility index (Phi) is 11.4. The summed E-state index contributed by atoms with van der Waals surface area (Å²) in [6.45, 7) is 2.01. The number of halogens is 1. The van der Waals surface area contributed by atoms with Crippen LogP contribution in [-0.2, 0) is 9.09 Å². The second-order valence-corrected chi connectivity index (χ2v) is 12.1. The molecule has 10 nitrogen and oxygen atoms in total. The summed E-state index contributed by atoms with van der Waals surface area (Å²) in [7, 11) is 4.93. The van der Waals surface area contributed by atoms with Gasteiger partial charge in [0, 0.05) is 42.3 Å². The zero-order valence-corrected chi connectivity index (χ0v) is 21.2. The second kappa shape index (κ2) is 12.7. The summed E-state index contributed by atoms with van der Waals surface area (Å²) in [6.07, 6.45) is 3.57. The molecule has 0 aliphatic carbocycles. The Morgan fingerprint density at radius 3 is 2.16 bits per heavy atom. The molecule has 1 aromatic heterocycles. The van der Waals surface area contributed by atoms with Gasteiger partial charge in [-0.15, -0.1) is 19.1 Å². The minimum atomic E-state index is -4.96. The van der Waals surface area contributed by atoms with Crippen LogP contribution in [0.5, 0.6) is 0 Å². The van der Waals surface area contributed by atoms with Gasteiger partial charge in [0.25, 0.3) is 0 Å². The van der Waals surface area contributed by atoms with Crippen molar-refractivity contribution in [2.24, 2.45) is 0 Å². The maximum absolute atomic E-state index is 11.7. The number of benzene rings is 1. The van der Waals surface area contributed by atoms with E-state index >= 15 is 0 Å². The Balaban J connectivity index is 0.000000373. The van der Waals surface area contributed by atoms with Crippen LogP contribution in [0.3, 0.4) is 0 Å². The van der Waals surface area contributed by atoms with Crippen molar-refractivity contribution in [3.63, 3.8) is 0 Å². The van der Waals surface area contributed by atoms with Gasteiger partial charge < -0.3 is 9.42 Å². The van der Waals surface area contributed by atoms with E-state index in [1.165, 1.54) is 4.85 Å². The molecule has 1 aromatic carbocycles. The van der Waals surface area contributed by atoms with Crippen molar-refractivity contribution in [1.82, 2.24) is 29.2 Å². The van der Waals surface area contributed by atoms with Crippen molar-refractivity contribution < 1.29 is 22.8 Å². The molecule has 0 bridgehead atoms. The molecule has 0 saturated heterocycles. The van der Waals surface area contributed by atoms with Gasteiger partial charge in [0.05, 0.1) is 6.61 Å². The summed E-state index contributed by atoms with van der Waals surface area (Å²) < 4.78 is 37.9. The molecule has 0 aliphatic heterocycles. The summed E-state index contributed by atoms with van der Waals surface area (Å²) in [4.78, 5) is 11.3. The Morgan fingerprint density at radius 2 is 1.65 bits per heavy atom. The van der Waals surface area contributed by atoms with Gasteiger partial charge in [0.15, 0.2) is 0 Å². The molecule has 0 saturated carbocycles. The molecular weight excluding hydrogens is 445 g/mol. The quantitative estimate of drug-likeness (QED) is 0.354. The van der Waals surface area contributed by atoms with Gasteiger partial charge >= 0.3 is 15.8 Å². The molecule has 0 spiro atoms. The summed E-state index contributed by atoms with van der Waals surface area (Å²) in [5.41, 5.74) is 1.68. The molecule has 0 N–H and O–H groups in total. The van der Waals surface area contributed by atoms with Gasteiger partial charge in [-0.05, 0) is 28.6 Å². The van der Waals surface area contributed by atoms with Gasteiger partial charge in [-0.2, -0.15) is 8.82 Å². The average molecular weight is 480 g/mol. The third-order valence-corrected chi connectivity index (χ3v) is 8.31. The summed E-state index contributed by atoms with van der Waals surface area (Å²) in [5.74, 6) is 0. The van der Waals surface area contributed by atoms with Gasteiger partial charge in [-0.3, -0.25) is 4.57 Å². The highest BCUT2D eigenvalue weighted by atomic mass is 31.2. The Bertz CT molecular complexity index is 808. The van der Waals surface area contributed by atoms with Crippen molar-refractivity contribution in [2.45, 2.75) is 32.6 Å². The van der Waals surface area contributed by atoms with Crippen LogP contribution in [0.1, 0.15) is 32.6 Å². The van der Waals surface area contributed by atoms with Gasteiger partial charge in [-0.25, -0.2) is 0 Å². The fourth-order valence-electron chi connectivity index (χ4n) is 3.01. The van der Waals surface area contributed by atoms with Crippen LogP contribution in [0.2, 0.25) is 0 Å². The van der Waals surface area contributed by atoms with Crippen LogP contribution >= 0.6 is 15.8 Å². The smallest absolute Gasteiger partial charge is 0.449 e. The van der Waals surface area contributed by atoms with Crippen molar-refractivity contribution in [2.75, 3.05) is 48.9 Å². The van der Waals surface area contributed by atoms with E-state index in [1.807, 2.05) is 73.5 Å². The Morgan fingerprint density at radius 1 is 1.06 bits per heavy atom. The molecule has 2 aromatic rings. The van der Waals surface area contributed by atoms with E-state index in [0.717, 1.165) is 30.3 Å². The molecule has 1 unspecified atom stereocenters. The molecule has 0 aliphatic rings. The van der Waals surface area contributed by atoms with E-state index in [2.05, 4.69) is 28.8 Å². The summed E-state index contributed by atoms with van der Waals surface area (Å²) in [6, 6.07) is 7.76. The third-order valence-electron chi connectivity index (χ3n) is 4.31. The molecular formula is C18H35FN6O4P2. The van der Waals surface area contributed by atoms with E-state index in [9.17, 15) is 13.7 Å². The molecule has 1 heterocycles. The van der Waals surface area contributed by atoms with E-state index in [4.69, 9.17) is 4.62 Å².